The van der Waals surface area contributed by atoms with E-state index in [1.165, 1.54) is 6.20 Å². The van der Waals surface area contributed by atoms with E-state index in [-0.39, 0.29) is 5.78 Å². The first-order valence-corrected chi connectivity index (χ1v) is 4.86. The van der Waals surface area contributed by atoms with E-state index in [2.05, 4.69) is 4.98 Å². The average molecular weight is 218 g/mol. The summed E-state index contributed by atoms with van der Waals surface area (Å²) in [6, 6.07) is 10.7. The van der Waals surface area contributed by atoms with Crippen LogP contribution in [-0.4, -0.2) is 10.8 Å². The molecule has 0 atom stereocenters. The number of pyridine rings is 1. The molecule has 0 spiro atoms. The molecule has 2 aromatic rings. The standard InChI is InChI=1S/C12H8ClNO/c13-11-8-14-7-6-10(11)12(15)9-4-2-1-3-5-9/h1-8H. The van der Waals surface area contributed by atoms with Crippen molar-refractivity contribution >= 4 is 17.4 Å². The Labute approximate surface area is 92.5 Å². The molecule has 0 aliphatic rings. The fourth-order valence-corrected chi connectivity index (χ4v) is 1.51. The highest BCUT2D eigenvalue weighted by Crippen LogP contribution is 2.17. The van der Waals surface area contributed by atoms with Crippen LogP contribution in [0.3, 0.4) is 0 Å². The molecule has 0 saturated heterocycles. The molecule has 1 aromatic carbocycles. The van der Waals surface area contributed by atoms with E-state index in [9.17, 15) is 4.79 Å². The van der Waals surface area contributed by atoms with Gasteiger partial charge < -0.3 is 0 Å². The summed E-state index contributed by atoms with van der Waals surface area (Å²) in [4.78, 5) is 15.8. The zero-order chi connectivity index (χ0) is 10.7. The normalized spacial score (nSPS) is 9.93. The molecule has 0 bridgehead atoms. The second-order valence-electron chi connectivity index (χ2n) is 3.05. The molecule has 3 heteroatoms. The Balaban J connectivity index is 2.42. The van der Waals surface area contributed by atoms with Crippen molar-refractivity contribution in [3.05, 3.63) is 64.9 Å². The topological polar surface area (TPSA) is 30.0 Å². The van der Waals surface area contributed by atoms with Crippen molar-refractivity contribution in [1.82, 2.24) is 4.98 Å². The Hall–Kier alpha value is -1.67. The van der Waals surface area contributed by atoms with E-state index in [1.807, 2.05) is 18.2 Å². The number of carbonyl (C=O) groups excluding carboxylic acids is 1. The van der Waals surface area contributed by atoms with Gasteiger partial charge in [-0.15, -0.1) is 0 Å². The lowest BCUT2D eigenvalue weighted by molar-refractivity contribution is 0.103. The van der Waals surface area contributed by atoms with Crippen LogP contribution in [0.2, 0.25) is 5.02 Å². The summed E-state index contributed by atoms with van der Waals surface area (Å²) in [6.07, 6.45) is 3.03. The fourth-order valence-electron chi connectivity index (χ4n) is 1.30. The van der Waals surface area contributed by atoms with Gasteiger partial charge in [0.15, 0.2) is 5.78 Å². The molecule has 74 valence electrons. The quantitative estimate of drug-likeness (QED) is 0.724. The molecule has 0 radical (unpaired) electrons. The first-order valence-electron chi connectivity index (χ1n) is 4.48. The minimum Gasteiger partial charge on any atom is -0.289 e. The SMILES string of the molecule is O=C(c1ccccc1)c1ccncc1Cl. The number of rotatable bonds is 2. The Kier molecular flexibility index (Phi) is 2.79. The maximum absolute atomic E-state index is 12.0. The lowest BCUT2D eigenvalue weighted by atomic mass is 10.0. The van der Waals surface area contributed by atoms with Gasteiger partial charge in [-0.3, -0.25) is 9.78 Å². The smallest absolute Gasteiger partial charge is 0.194 e. The van der Waals surface area contributed by atoms with Crippen LogP contribution in [0.1, 0.15) is 15.9 Å². The van der Waals surface area contributed by atoms with Crippen LogP contribution in [0.4, 0.5) is 0 Å². The zero-order valence-electron chi connectivity index (χ0n) is 7.85. The lowest BCUT2D eigenvalue weighted by Gasteiger charge is -2.01. The summed E-state index contributed by atoms with van der Waals surface area (Å²) in [7, 11) is 0. The van der Waals surface area contributed by atoms with Gasteiger partial charge in [-0.1, -0.05) is 41.9 Å². The van der Waals surface area contributed by atoms with E-state index >= 15 is 0 Å². The molecule has 0 aliphatic carbocycles. The van der Waals surface area contributed by atoms with Crippen LogP contribution in [0.15, 0.2) is 48.8 Å². The van der Waals surface area contributed by atoms with Crippen LogP contribution in [0.5, 0.6) is 0 Å². The minimum absolute atomic E-state index is 0.0806. The Bertz CT molecular complexity index is 482. The maximum Gasteiger partial charge on any atom is 0.194 e. The third-order valence-corrected chi connectivity index (χ3v) is 2.35. The van der Waals surface area contributed by atoms with Crippen molar-refractivity contribution in [3.63, 3.8) is 0 Å². The highest BCUT2D eigenvalue weighted by molar-refractivity contribution is 6.34. The van der Waals surface area contributed by atoms with Gasteiger partial charge in [-0.05, 0) is 6.07 Å². The van der Waals surface area contributed by atoms with Gasteiger partial charge in [-0.25, -0.2) is 0 Å². The van der Waals surface area contributed by atoms with Gasteiger partial charge in [0.1, 0.15) is 0 Å². The molecule has 0 fully saturated rings. The van der Waals surface area contributed by atoms with Crippen molar-refractivity contribution in [2.45, 2.75) is 0 Å². The molecule has 15 heavy (non-hydrogen) atoms. The van der Waals surface area contributed by atoms with E-state index in [1.54, 1.807) is 24.4 Å². The van der Waals surface area contributed by atoms with Crippen LogP contribution in [0.25, 0.3) is 0 Å². The molecule has 2 nitrogen and oxygen atoms in total. The van der Waals surface area contributed by atoms with Gasteiger partial charge in [0, 0.05) is 23.5 Å². The molecule has 1 aromatic heterocycles. The predicted octanol–water partition coefficient (Wildman–Crippen LogP) is 2.97. The highest BCUT2D eigenvalue weighted by Gasteiger charge is 2.11. The molecule has 0 saturated carbocycles. The summed E-state index contributed by atoms with van der Waals surface area (Å²) in [5.41, 5.74) is 1.11. The second kappa shape index (κ2) is 4.24. The number of hydrogen-bond acceptors (Lipinski definition) is 2. The molecular weight excluding hydrogens is 210 g/mol. The number of nitrogens with zero attached hydrogens (tertiary/aromatic N) is 1. The molecule has 1 heterocycles. The summed E-state index contributed by atoms with van der Waals surface area (Å²) >= 11 is 5.89. The Morgan fingerprint density at radius 2 is 1.87 bits per heavy atom. The number of carbonyl (C=O) groups is 1. The van der Waals surface area contributed by atoms with E-state index < -0.39 is 0 Å². The lowest BCUT2D eigenvalue weighted by Crippen LogP contribution is -2.01. The van der Waals surface area contributed by atoms with Gasteiger partial charge in [0.05, 0.1) is 5.02 Å². The van der Waals surface area contributed by atoms with Gasteiger partial charge in [0.25, 0.3) is 0 Å². The number of benzene rings is 1. The molecule has 0 aliphatic heterocycles. The van der Waals surface area contributed by atoms with E-state index in [0.29, 0.717) is 16.1 Å². The van der Waals surface area contributed by atoms with Crippen molar-refractivity contribution in [3.8, 4) is 0 Å². The largest absolute Gasteiger partial charge is 0.289 e. The number of aromatic nitrogens is 1. The number of hydrogen-bond donors (Lipinski definition) is 0. The summed E-state index contributed by atoms with van der Waals surface area (Å²) in [6.45, 7) is 0. The highest BCUT2D eigenvalue weighted by atomic mass is 35.5. The van der Waals surface area contributed by atoms with Crippen molar-refractivity contribution < 1.29 is 4.79 Å². The van der Waals surface area contributed by atoms with Crippen LogP contribution in [0, 0.1) is 0 Å². The van der Waals surface area contributed by atoms with Gasteiger partial charge in [0.2, 0.25) is 0 Å². The van der Waals surface area contributed by atoms with Crippen LogP contribution < -0.4 is 0 Å². The summed E-state index contributed by atoms with van der Waals surface area (Å²) in [5, 5.41) is 0.381. The first-order chi connectivity index (χ1) is 7.29. The third kappa shape index (κ3) is 2.05. The van der Waals surface area contributed by atoms with Crippen molar-refractivity contribution in [1.29, 1.82) is 0 Å². The zero-order valence-corrected chi connectivity index (χ0v) is 8.61. The van der Waals surface area contributed by atoms with Gasteiger partial charge >= 0.3 is 0 Å². The predicted molar refractivity (Wildman–Crippen MR) is 59.1 cm³/mol. The van der Waals surface area contributed by atoms with E-state index in [4.69, 9.17) is 11.6 Å². The fraction of sp³-hybridized carbons (Fsp3) is 0. The second-order valence-corrected chi connectivity index (χ2v) is 3.46. The van der Waals surface area contributed by atoms with Crippen molar-refractivity contribution in [2.75, 3.05) is 0 Å². The van der Waals surface area contributed by atoms with Crippen LogP contribution in [-0.2, 0) is 0 Å². The first kappa shape index (κ1) is 9.87. The van der Waals surface area contributed by atoms with E-state index in [0.717, 1.165) is 0 Å². The third-order valence-electron chi connectivity index (χ3n) is 2.05. The molecule has 0 amide bonds. The maximum atomic E-state index is 12.0. The number of ketones is 1. The monoisotopic (exact) mass is 217 g/mol. The van der Waals surface area contributed by atoms with Crippen LogP contribution >= 0.6 is 11.6 Å². The number of halogens is 1. The molecule has 0 N–H and O–H groups in total. The average Bonchev–Trinajstić information content (AvgIpc) is 2.30. The minimum atomic E-state index is -0.0806. The molecule has 0 unspecified atom stereocenters. The van der Waals surface area contributed by atoms with Crippen molar-refractivity contribution in [2.24, 2.45) is 0 Å². The molecular formula is C12H8ClNO. The Morgan fingerprint density at radius 3 is 2.53 bits per heavy atom. The summed E-state index contributed by atoms with van der Waals surface area (Å²) in [5.74, 6) is -0.0806. The van der Waals surface area contributed by atoms with Gasteiger partial charge in [-0.2, -0.15) is 0 Å². The summed E-state index contributed by atoms with van der Waals surface area (Å²) < 4.78 is 0. The Morgan fingerprint density at radius 1 is 1.13 bits per heavy atom. The molecule has 2 rings (SSSR count).